The minimum absolute atomic E-state index is 0.556. The number of carbonyl (C=O) groups is 1. The predicted octanol–water partition coefficient (Wildman–Crippen LogP) is 3.57. The molecule has 0 heterocycles. The number of alkyl halides is 5. The van der Waals surface area contributed by atoms with Crippen LogP contribution in [0.3, 0.4) is 0 Å². The molecule has 1 aromatic carbocycles. The van der Waals surface area contributed by atoms with Crippen LogP contribution in [0.15, 0.2) is 18.2 Å². The summed E-state index contributed by atoms with van der Waals surface area (Å²) in [5.41, 5.74) is -0.654. The van der Waals surface area contributed by atoms with E-state index >= 15 is 0 Å². The van der Waals surface area contributed by atoms with Crippen LogP contribution in [0.4, 0.5) is 22.0 Å². The third-order valence-corrected chi connectivity index (χ3v) is 1.82. The van der Waals surface area contributed by atoms with Crippen LogP contribution in [-0.4, -0.2) is 18.2 Å². The van der Waals surface area contributed by atoms with Crippen molar-refractivity contribution in [1.29, 1.82) is 0 Å². The van der Waals surface area contributed by atoms with E-state index in [1.165, 1.54) is 0 Å². The molecule has 1 rings (SSSR count). The van der Waals surface area contributed by atoms with Crippen molar-refractivity contribution in [2.75, 3.05) is 0 Å². The van der Waals surface area contributed by atoms with Crippen LogP contribution in [-0.2, 0) is 0 Å². The Bertz CT molecular complexity index is 446. The van der Waals surface area contributed by atoms with Crippen molar-refractivity contribution in [2.45, 2.75) is 13.0 Å². The van der Waals surface area contributed by atoms with Crippen molar-refractivity contribution in [3.8, 4) is 11.5 Å². The SMILES string of the molecule is O=C(Cl)c1cc(OC(F)(F)F)ccc1OC(F)F. The molecule has 0 aromatic heterocycles. The number of rotatable bonds is 4. The molecule has 1 aromatic rings. The molecule has 0 aliphatic carbocycles. The van der Waals surface area contributed by atoms with Gasteiger partial charge in [0.05, 0.1) is 5.56 Å². The Morgan fingerprint density at radius 2 is 1.89 bits per heavy atom. The average Bonchev–Trinajstić information content (AvgIpc) is 2.17. The lowest BCUT2D eigenvalue weighted by Crippen LogP contribution is -2.17. The molecule has 0 atom stereocenters. The first kappa shape index (κ1) is 14.5. The first-order valence-corrected chi connectivity index (χ1v) is 4.61. The monoisotopic (exact) mass is 290 g/mol. The van der Waals surface area contributed by atoms with E-state index in [0.717, 1.165) is 6.07 Å². The Morgan fingerprint density at radius 3 is 2.33 bits per heavy atom. The van der Waals surface area contributed by atoms with E-state index < -0.39 is 35.3 Å². The summed E-state index contributed by atoms with van der Waals surface area (Å²) < 4.78 is 67.0. The lowest BCUT2D eigenvalue weighted by Gasteiger charge is -2.12. The molecule has 0 saturated carbocycles. The highest BCUT2D eigenvalue weighted by Gasteiger charge is 2.31. The second-order valence-corrected chi connectivity index (χ2v) is 3.20. The van der Waals surface area contributed by atoms with Crippen LogP contribution in [0.25, 0.3) is 0 Å². The molecule has 3 nitrogen and oxygen atoms in total. The average molecular weight is 291 g/mol. The lowest BCUT2D eigenvalue weighted by molar-refractivity contribution is -0.274. The molecule has 0 radical (unpaired) electrons. The van der Waals surface area contributed by atoms with Gasteiger partial charge in [-0.15, -0.1) is 13.2 Å². The Morgan fingerprint density at radius 1 is 1.28 bits per heavy atom. The Labute approximate surface area is 102 Å². The predicted molar refractivity (Wildman–Crippen MR) is 49.9 cm³/mol. The fourth-order valence-corrected chi connectivity index (χ4v) is 1.21. The van der Waals surface area contributed by atoms with Gasteiger partial charge in [-0.3, -0.25) is 4.79 Å². The first-order chi connectivity index (χ1) is 8.19. The van der Waals surface area contributed by atoms with Gasteiger partial charge in [-0.2, -0.15) is 8.78 Å². The Hall–Kier alpha value is -1.57. The molecule has 0 bridgehead atoms. The molecule has 100 valence electrons. The third kappa shape index (κ3) is 4.36. The molecule has 0 N–H and O–H groups in total. The fourth-order valence-electron chi connectivity index (χ4n) is 1.06. The van der Waals surface area contributed by atoms with Crippen molar-refractivity contribution in [3.63, 3.8) is 0 Å². The first-order valence-electron chi connectivity index (χ1n) is 4.23. The van der Waals surface area contributed by atoms with Crippen molar-refractivity contribution in [1.82, 2.24) is 0 Å². The van der Waals surface area contributed by atoms with Crippen molar-refractivity contribution < 1.29 is 36.2 Å². The quantitative estimate of drug-likeness (QED) is 0.628. The van der Waals surface area contributed by atoms with Gasteiger partial charge in [-0.25, -0.2) is 0 Å². The zero-order valence-corrected chi connectivity index (χ0v) is 9.06. The number of benzene rings is 1. The highest BCUT2D eigenvalue weighted by atomic mass is 35.5. The zero-order chi connectivity index (χ0) is 13.9. The van der Waals surface area contributed by atoms with E-state index in [1.54, 1.807) is 0 Å². The van der Waals surface area contributed by atoms with Crippen molar-refractivity contribution >= 4 is 16.8 Å². The molecule has 0 saturated heterocycles. The molecular weight excluding hydrogens is 287 g/mol. The molecule has 0 fully saturated rings. The molecule has 0 aliphatic rings. The molecule has 0 amide bonds. The molecule has 9 heteroatoms. The number of hydrogen-bond acceptors (Lipinski definition) is 3. The second-order valence-electron chi connectivity index (χ2n) is 2.86. The van der Waals surface area contributed by atoms with E-state index in [-0.39, 0.29) is 0 Å². The topological polar surface area (TPSA) is 35.5 Å². The summed E-state index contributed by atoms with van der Waals surface area (Å²) in [6.07, 6.45) is -4.97. The number of hydrogen-bond donors (Lipinski definition) is 0. The molecule has 0 spiro atoms. The van der Waals surface area contributed by atoms with Gasteiger partial charge < -0.3 is 9.47 Å². The van der Waals surface area contributed by atoms with E-state index in [0.29, 0.717) is 12.1 Å². The lowest BCUT2D eigenvalue weighted by atomic mass is 10.2. The summed E-state index contributed by atoms with van der Waals surface area (Å²) >= 11 is 5.03. The molecule has 0 aliphatic heterocycles. The van der Waals surface area contributed by atoms with Crippen molar-refractivity contribution in [3.05, 3.63) is 23.8 Å². The van der Waals surface area contributed by atoms with Crippen molar-refractivity contribution in [2.24, 2.45) is 0 Å². The van der Waals surface area contributed by atoms with Gasteiger partial charge in [0.25, 0.3) is 5.24 Å². The van der Waals surface area contributed by atoms with Gasteiger partial charge in [-0.05, 0) is 29.8 Å². The maximum atomic E-state index is 11.9. The van der Waals surface area contributed by atoms with Crippen LogP contribution >= 0.6 is 11.6 Å². The van der Waals surface area contributed by atoms with E-state index in [1.807, 2.05) is 0 Å². The standard InChI is InChI=1S/C9H4ClF5O3/c10-7(16)5-3-4(18-9(13,14)15)1-2-6(5)17-8(11)12/h1-3,8H. The van der Waals surface area contributed by atoms with Gasteiger partial charge in [0, 0.05) is 0 Å². The largest absolute Gasteiger partial charge is 0.573 e. The minimum Gasteiger partial charge on any atom is -0.434 e. The summed E-state index contributed by atoms with van der Waals surface area (Å²) in [7, 11) is 0. The van der Waals surface area contributed by atoms with Crippen LogP contribution < -0.4 is 9.47 Å². The minimum atomic E-state index is -4.97. The van der Waals surface area contributed by atoms with E-state index in [4.69, 9.17) is 11.6 Å². The number of halogens is 6. The van der Waals surface area contributed by atoms with Gasteiger partial charge in [-0.1, -0.05) is 0 Å². The van der Waals surface area contributed by atoms with Crippen LogP contribution in [0.2, 0.25) is 0 Å². The number of carbonyl (C=O) groups excluding carboxylic acids is 1. The summed E-state index contributed by atoms with van der Waals surface area (Å²) in [4.78, 5) is 10.9. The second kappa shape index (κ2) is 5.38. The van der Waals surface area contributed by atoms with Crippen LogP contribution in [0.1, 0.15) is 10.4 Å². The normalized spacial score (nSPS) is 11.5. The summed E-state index contributed by atoms with van der Waals surface area (Å²) in [5.74, 6) is -1.41. The van der Waals surface area contributed by atoms with E-state index in [9.17, 15) is 26.7 Å². The summed E-state index contributed by atoms with van der Waals surface area (Å²) in [6.45, 7) is -3.24. The zero-order valence-electron chi connectivity index (χ0n) is 8.30. The van der Waals surface area contributed by atoms with Gasteiger partial charge in [0.15, 0.2) is 0 Å². The van der Waals surface area contributed by atoms with Gasteiger partial charge in [0.1, 0.15) is 11.5 Å². The molecule has 0 unspecified atom stereocenters. The number of ether oxygens (including phenoxy) is 2. The van der Waals surface area contributed by atoms with Gasteiger partial charge >= 0.3 is 13.0 Å². The third-order valence-electron chi connectivity index (χ3n) is 1.61. The Balaban J connectivity index is 3.07. The summed E-state index contributed by atoms with van der Waals surface area (Å²) in [6, 6.07) is 2.00. The maximum Gasteiger partial charge on any atom is 0.573 e. The van der Waals surface area contributed by atoms with Crippen LogP contribution in [0, 0.1) is 0 Å². The molecule has 18 heavy (non-hydrogen) atoms. The maximum absolute atomic E-state index is 11.9. The smallest absolute Gasteiger partial charge is 0.434 e. The van der Waals surface area contributed by atoms with Crippen LogP contribution in [0.5, 0.6) is 11.5 Å². The molecular formula is C9H4ClF5O3. The van der Waals surface area contributed by atoms with Gasteiger partial charge in [0.2, 0.25) is 0 Å². The Kier molecular flexibility index (Phi) is 4.33. The summed E-state index contributed by atoms with van der Waals surface area (Å²) in [5, 5.41) is -1.25. The highest BCUT2D eigenvalue weighted by molar-refractivity contribution is 6.68. The highest BCUT2D eigenvalue weighted by Crippen LogP contribution is 2.30. The van der Waals surface area contributed by atoms with E-state index in [2.05, 4.69) is 9.47 Å². The fraction of sp³-hybridized carbons (Fsp3) is 0.222.